The van der Waals surface area contributed by atoms with E-state index in [9.17, 15) is 39.1 Å². The lowest BCUT2D eigenvalue weighted by Gasteiger charge is -2.20. The Kier molecular flexibility index (Phi) is 6.69. The summed E-state index contributed by atoms with van der Waals surface area (Å²) in [5.74, 6) is -2.24. The summed E-state index contributed by atoms with van der Waals surface area (Å²) in [6, 6.07) is 8.19. The maximum Gasteiger partial charge on any atom is 0.207 e. The maximum absolute atomic E-state index is 14.1. The van der Waals surface area contributed by atoms with E-state index in [1.165, 1.54) is 13.8 Å². The predicted octanol–water partition coefficient (Wildman–Crippen LogP) is 5.94. The molecular weight excluding hydrogens is 520 g/mol. The molecule has 0 bridgehead atoms. The second-order valence-corrected chi connectivity index (χ2v) is 11.8. The zero-order chi connectivity index (χ0) is 29.1. The van der Waals surface area contributed by atoms with Gasteiger partial charge in [-0.2, -0.15) is 0 Å². The Hall–Kier alpha value is -4.37. The quantitative estimate of drug-likeness (QED) is 0.171. The number of rotatable bonds is 4. The van der Waals surface area contributed by atoms with Gasteiger partial charge in [0.2, 0.25) is 9.84 Å². The molecule has 0 spiro atoms. The number of aromatic hydroxyl groups is 6. The Morgan fingerprint density at radius 1 is 0.462 bits per heavy atom. The lowest BCUT2D eigenvalue weighted by atomic mass is 9.95. The third kappa shape index (κ3) is 4.38. The highest BCUT2D eigenvalue weighted by Gasteiger charge is 2.30. The molecular formula is C30H30O8S. The fraction of sp³-hybridized carbons (Fsp3) is 0.200. The van der Waals surface area contributed by atoms with Gasteiger partial charge < -0.3 is 30.6 Å². The first-order valence-electron chi connectivity index (χ1n) is 12.0. The highest BCUT2D eigenvalue weighted by Crippen LogP contribution is 2.48. The van der Waals surface area contributed by atoms with Crippen LogP contribution in [-0.2, 0) is 9.84 Å². The van der Waals surface area contributed by atoms with Crippen molar-refractivity contribution in [3.8, 4) is 56.8 Å². The fourth-order valence-corrected chi connectivity index (χ4v) is 6.82. The summed E-state index contributed by atoms with van der Waals surface area (Å²) in [6.07, 6.45) is 0. The van der Waals surface area contributed by atoms with Crippen LogP contribution in [0.4, 0.5) is 0 Å². The summed E-state index contributed by atoms with van der Waals surface area (Å²) in [6.45, 7) is 9.63. The van der Waals surface area contributed by atoms with Crippen LogP contribution < -0.4 is 0 Å². The molecule has 8 nitrogen and oxygen atoms in total. The van der Waals surface area contributed by atoms with Crippen LogP contribution in [0.2, 0.25) is 0 Å². The molecule has 39 heavy (non-hydrogen) atoms. The molecule has 0 aromatic heterocycles. The second kappa shape index (κ2) is 9.43. The maximum atomic E-state index is 14.1. The molecule has 0 aliphatic rings. The zero-order valence-electron chi connectivity index (χ0n) is 22.4. The molecule has 0 heterocycles. The number of benzene rings is 4. The van der Waals surface area contributed by atoms with Crippen molar-refractivity contribution in [3.05, 3.63) is 69.8 Å². The van der Waals surface area contributed by atoms with Crippen molar-refractivity contribution in [2.45, 2.75) is 51.3 Å². The predicted molar refractivity (Wildman–Crippen MR) is 148 cm³/mol. The van der Waals surface area contributed by atoms with E-state index in [0.717, 1.165) is 12.1 Å². The van der Waals surface area contributed by atoms with E-state index in [2.05, 4.69) is 0 Å². The molecule has 0 unspecified atom stereocenters. The highest BCUT2D eigenvalue weighted by molar-refractivity contribution is 7.91. The second-order valence-electron chi connectivity index (χ2n) is 9.91. The van der Waals surface area contributed by atoms with E-state index in [-0.39, 0.29) is 43.5 Å². The summed E-state index contributed by atoms with van der Waals surface area (Å²) >= 11 is 0. The van der Waals surface area contributed by atoms with Crippen LogP contribution in [0.15, 0.2) is 46.2 Å². The van der Waals surface area contributed by atoms with Gasteiger partial charge in [-0.25, -0.2) is 8.42 Å². The van der Waals surface area contributed by atoms with Crippen LogP contribution in [0.5, 0.6) is 34.5 Å². The molecule has 204 valence electrons. The molecule has 4 aromatic carbocycles. The lowest BCUT2D eigenvalue weighted by molar-refractivity contribution is 0.402. The summed E-state index contributed by atoms with van der Waals surface area (Å²) in [7, 11) is -4.44. The van der Waals surface area contributed by atoms with Crippen LogP contribution in [0.3, 0.4) is 0 Å². The lowest BCUT2D eigenvalue weighted by Crippen LogP contribution is -2.08. The van der Waals surface area contributed by atoms with Crippen molar-refractivity contribution < 1.29 is 39.1 Å². The van der Waals surface area contributed by atoms with Crippen molar-refractivity contribution in [2.75, 3.05) is 0 Å². The van der Waals surface area contributed by atoms with Crippen molar-refractivity contribution in [3.63, 3.8) is 0 Å². The SMILES string of the molecule is Cc1cc(-c2c(C)c(S(=O)(=O)c3cc(O)c(O)c(-c4cc(C)c(O)c(C)c4)c3C)cc(O)c2O)cc(C)c1O. The molecule has 0 aliphatic heterocycles. The van der Waals surface area contributed by atoms with Crippen LogP contribution in [0.25, 0.3) is 22.3 Å². The van der Waals surface area contributed by atoms with Gasteiger partial charge in [0.15, 0.2) is 23.0 Å². The van der Waals surface area contributed by atoms with Crippen molar-refractivity contribution in [2.24, 2.45) is 0 Å². The highest BCUT2D eigenvalue weighted by atomic mass is 32.2. The van der Waals surface area contributed by atoms with Gasteiger partial charge in [0.05, 0.1) is 9.79 Å². The molecule has 9 heteroatoms. The molecule has 0 aliphatic carbocycles. The van der Waals surface area contributed by atoms with Gasteiger partial charge in [0.25, 0.3) is 0 Å². The molecule has 4 rings (SSSR count). The standard InChI is InChI=1S/C30H30O8S/c1-13-7-19(8-14(2)27(13)33)25-17(5)23(11-21(31)29(25)35)39(37,38)24-12-22(32)30(36)26(18(24)6)20-9-15(3)28(34)16(4)10-20/h7-12,31-36H,1-6H3. The molecule has 0 saturated heterocycles. The van der Waals surface area contributed by atoms with E-state index in [1.807, 2.05) is 0 Å². The summed E-state index contributed by atoms with van der Waals surface area (Å²) < 4.78 is 28.2. The van der Waals surface area contributed by atoms with Crippen LogP contribution in [-0.4, -0.2) is 39.1 Å². The summed E-state index contributed by atoms with van der Waals surface area (Å²) in [4.78, 5) is -0.623. The Morgan fingerprint density at radius 3 is 1.03 bits per heavy atom. The first kappa shape index (κ1) is 27.7. The molecule has 0 atom stereocenters. The monoisotopic (exact) mass is 550 g/mol. The number of hydrogen-bond acceptors (Lipinski definition) is 8. The van der Waals surface area contributed by atoms with Gasteiger partial charge in [0, 0.05) is 23.3 Å². The molecule has 6 N–H and O–H groups in total. The number of hydrogen-bond donors (Lipinski definition) is 6. The molecule has 0 radical (unpaired) electrons. The normalized spacial score (nSPS) is 11.6. The number of phenols is 6. The van der Waals surface area contributed by atoms with E-state index in [0.29, 0.717) is 33.4 Å². The summed E-state index contributed by atoms with van der Waals surface area (Å²) in [5.41, 5.74) is 3.22. The van der Waals surface area contributed by atoms with Gasteiger partial charge in [-0.1, -0.05) is 0 Å². The molecule has 0 amide bonds. The smallest absolute Gasteiger partial charge is 0.207 e. The van der Waals surface area contributed by atoms with Gasteiger partial charge in [-0.15, -0.1) is 0 Å². The topological polar surface area (TPSA) is 156 Å². The molecule has 0 fully saturated rings. The van der Waals surface area contributed by atoms with Gasteiger partial charge in [-0.05, 0) is 110 Å². The fourth-order valence-electron chi connectivity index (χ4n) is 5.04. The van der Waals surface area contributed by atoms with Gasteiger partial charge >= 0.3 is 0 Å². The Bertz CT molecular complexity index is 1620. The largest absolute Gasteiger partial charge is 0.507 e. The van der Waals surface area contributed by atoms with E-state index in [1.54, 1.807) is 52.0 Å². The Labute approximate surface area is 226 Å². The minimum Gasteiger partial charge on any atom is -0.507 e. The number of phenolic OH excluding ortho intramolecular Hbond substituents is 6. The van der Waals surface area contributed by atoms with Crippen molar-refractivity contribution >= 4 is 9.84 Å². The van der Waals surface area contributed by atoms with Crippen LogP contribution >= 0.6 is 0 Å². The average molecular weight is 551 g/mol. The Balaban J connectivity index is 2.03. The minimum absolute atomic E-state index is 0.0614. The van der Waals surface area contributed by atoms with E-state index >= 15 is 0 Å². The number of sulfone groups is 1. The Morgan fingerprint density at radius 2 is 0.744 bits per heavy atom. The molecule has 0 saturated carbocycles. The van der Waals surface area contributed by atoms with E-state index in [4.69, 9.17) is 0 Å². The first-order valence-corrected chi connectivity index (χ1v) is 13.5. The van der Waals surface area contributed by atoms with Crippen molar-refractivity contribution in [1.82, 2.24) is 0 Å². The number of aryl methyl sites for hydroxylation is 4. The minimum atomic E-state index is -4.44. The van der Waals surface area contributed by atoms with Crippen LogP contribution in [0, 0.1) is 41.5 Å². The molecule has 4 aromatic rings. The van der Waals surface area contributed by atoms with Crippen molar-refractivity contribution in [1.29, 1.82) is 0 Å². The van der Waals surface area contributed by atoms with Gasteiger partial charge in [0.1, 0.15) is 11.5 Å². The third-order valence-corrected chi connectivity index (χ3v) is 9.13. The third-order valence-electron chi connectivity index (χ3n) is 7.12. The summed E-state index contributed by atoms with van der Waals surface area (Å²) in [5, 5.41) is 63.0. The van der Waals surface area contributed by atoms with Crippen LogP contribution in [0.1, 0.15) is 33.4 Å². The van der Waals surface area contributed by atoms with Gasteiger partial charge in [-0.3, -0.25) is 0 Å². The zero-order valence-corrected chi connectivity index (χ0v) is 23.2. The first-order chi connectivity index (χ1) is 18.1. The average Bonchev–Trinajstić information content (AvgIpc) is 2.85. The van der Waals surface area contributed by atoms with E-state index < -0.39 is 32.8 Å².